The topological polar surface area (TPSA) is 96.7 Å². The maximum absolute atomic E-state index is 9.17. The third kappa shape index (κ3) is 4.09. The first-order chi connectivity index (χ1) is 14.7. The third-order valence-electron chi connectivity index (χ3n) is 4.43. The molecule has 4 rings (SSSR count). The minimum absolute atomic E-state index is 0.185. The maximum Gasteiger partial charge on any atom is 0.139 e. The van der Waals surface area contributed by atoms with Gasteiger partial charge in [0.15, 0.2) is 0 Å². The van der Waals surface area contributed by atoms with E-state index in [0.717, 1.165) is 16.8 Å². The van der Waals surface area contributed by atoms with E-state index in [1.165, 1.54) is 0 Å². The predicted molar refractivity (Wildman–Crippen MR) is 112 cm³/mol. The summed E-state index contributed by atoms with van der Waals surface area (Å²) in [6.07, 6.45) is 5.02. The molecule has 0 saturated carbocycles. The molecule has 0 spiro atoms. The summed E-state index contributed by atoms with van der Waals surface area (Å²) in [6, 6.07) is 14.6. The number of nitrogens with zero attached hydrogens (tertiary/aromatic N) is 4. The number of ether oxygens (including phenoxy) is 2. The van der Waals surface area contributed by atoms with E-state index in [1.54, 1.807) is 50.0 Å². The highest BCUT2D eigenvalue weighted by Crippen LogP contribution is 2.33. The largest absolute Gasteiger partial charge is 0.496 e. The summed E-state index contributed by atoms with van der Waals surface area (Å²) in [7, 11) is 1.59. The van der Waals surface area contributed by atoms with Gasteiger partial charge in [-0.3, -0.25) is 4.98 Å². The van der Waals surface area contributed by atoms with Crippen molar-refractivity contribution in [3.63, 3.8) is 0 Å². The van der Waals surface area contributed by atoms with E-state index in [0.29, 0.717) is 33.7 Å². The van der Waals surface area contributed by atoms with Crippen LogP contribution in [0.5, 0.6) is 11.5 Å². The number of hydrogen-bond acceptors (Lipinski definition) is 6. The molecule has 3 heterocycles. The molecule has 4 aromatic rings. The van der Waals surface area contributed by atoms with Gasteiger partial charge >= 0.3 is 0 Å². The van der Waals surface area contributed by atoms with E-state index in [2.05, 4.69) is 26.0 Å². The van der Waals surface area contributed by atoms with Gasteiger partial charge in [-0.1, -0.05) is 11.6 Å². The van der Waals surface area contributed by atoms with Crippen LogP contribution in [0.25, 0.3) is 22.6 Å². The lowest BCUT2D eigenvalue weighted by molar-refractivity contribution is 0.298. The van der Waals surface area contributed by atoms with E-state index in [-0.39, 0.29) is 6.61 Å². The second-order valence-electron chi connectivity index (χ2n) is 6.28. The lowest BCUT2D eigenvalue weighted by atomic mass is 10.1. The van der Waals surface area contributed by atoms with E-state index >= 15 is 0 Å². The predicted octanol–water partition coefficient (Wildman–Crippen LogP) is 4.65. The molecule has 0 aliphatic heterocycles. The Bertz CT molecular complexity index is 1210. The van der Waals surface area contributed by atoms with Crippen LogP contribution in [0.2, 0.25) is 5.15 Å². The molecule has 0 saturated heterocycles. The van der Waals surface area contributed by atoms with E-state index in [4.69, 9.17) is 21.1 Å². The van der Waals surface area contributed by atoms with Gasteiger partial charge < -0.3 is 14.5 Å². The summed E-state index contributed by atoms with van der Waals surface area (Å²) in [5, 5.41) is 9.60. The molecule has 8 heteroatoms. The third-order valence-corrected chi connectivity index (χ3v) is 4.65. The smallest absolute Gasteiger partial charge is 0.139 e. The van der Waals surface area contributed by atoms with Crippen LogP contribution >= 0.6 is 11.6 Å². The van der Waals surface area contributed by atoms with Gasteiger partial charge in [-0.25, -0.2) is 9.97 Å². The number of nitrogens with one attached hydrogen (secondary N) is 1. The Morgan fingerprint density at radius 2 is 2.00 bits per heavy atom. The zero-order valence-electron chi connectivity index (χ0n) is 16.0. The minimum Gasteiger partial charge on any atom is -0.496 e. The standard InChI is InChI=1S/C22H16ClN5O2/c1-29-20-9-16(30-13-19-14(10-24)3-2-8-25-19)5-6-17(20)18-12-27-22(28-18)15-4-7-21(23)26-11-15/h2-9,11-12H,13H2,1H3,(H,27,28). The average molecular weight is 418 g/mol. The van der Waals surface area contributed by atoms with Gasteiger partial charge in [0.1, 0.15) is 35.2 Å². The van der Waals surface area contributed by atoms with Gasteiger partial charge in [-0.2, -0.15) is 5.26 Å². The highest BCUT2D eigenvalue weighted by atomic mass is 35.5. The zero-order chi connectivity index (χ0) is 20.9. The molecule has 0 aliphatic carbocycles. The molecule has 0 unspecified atom stereocenters. The SMILES string of the molecule is COc1cc(OCc2ncccc2C#N)ccc1-c1cnc(-c2ccc(Cl)nc2)[nH]1. The summed E-state index contributed by atoms with van der Waals surface area (Å²) < 4.78 is 11.4. The van der Waals surface area contributed by atoms with Crippen LogP contribution in [0.15, 0.2) is 61.1 Å². The highest BCUT2D eigenvalue weighted by molar-refractivity contribution is 6.29. The molecule has 0 atom stereocenters. The number of nitriles is 1. The van der Waals surface area contributed by atoms with Crippen molar-refractivity contribution >= 4 is 11.6 Å². The zero-order valence-corrected chi connectivity index (χ0v) is 16.7. The fourth-order valence-electron chi connectivity index (χ4n) is 2.91. The second-order valence-corrected chi connectivity index (χ2v) is 6.66. The van der Waals surface area contributed by atoms with Crippen LogP contribution in [0, 0.1) is 11.3 Å². The molecule has 0 radical (unpaired) electrons. The molecular weight excluding hydrogens is 402 g/mol. The Labute approximate surface area is 177 Å². The summed E-state index contributed by atoms with van der Waals surface area (Å²) in [5.41, 5.74) is 3.52. The van der Waals surface area contributed by atoms with Gasteiger partial charge in [-0.15, -0.1) is 0 Å². The number of methoxy groups -OCH3 is 1. The molecule has 148 valence electrons. The number of aromatic nitrogens is 4. The highest BCUT2D eigenvalue weighted by Gasteiger charge is 2.12. The molecule has 0 aliphatic rings. The number of benzene rings is 1. The van der Waals surface area contributed by atoms with Crippen molar-refractivity contribution in [3.05, 3.63) is 77.5 Å². The van der Waals surface area contributed by atoms with E-state index in [9.17, 15) is 5.26 Å². The molecule has 1 aromatic carbocycles. The van der Waals surface area contributed by atoms with Crippen LogP contribution in [0.1, 0.15) is 11.3 Å². The van der Waals surface area contributed by atoms with Crippen molar-refractivity contribution in [2.24, 2.45) is 0 Å². The van der Waals surface area contributed by atoms with E-state index < -0.39 is 0 Å². The first-order valence-corrected chi connectivity index (χ1v) is 9.38. The lowest BCUT2D eigenvalue weighted by Crippen LogP contribution is -2.01. The second kappa shape index (κ2) is 8.64. The van der Waals surface area contributed by atoms with Crippen LogP contribution in [-0.4, -0.2) is 27.0 Å². The fraction of sp³-hybridized carbons (Fsp3) is 0.0909. The summed E-state index contributed by atoms with van der Waals surface area (Å²) >= 11 is 5.85. The Morgan fingerprint density at radius 3 is 2.77 bits per heavy atom. The number of hydrogen-bond donors (Lipinski definition) is 1. The quantitative estimate of drug-likeness (QED) is 0.459. The molecule has 30 heavy (non-hydrogen) atoms. The molecule has 0 amide bonds. The Hall–Kier alpha value is -3.89. The van der Waals surface area contributed by atoms with Crippen molar-refractivity contribution < 1.29 is 9.47 Å². The maximum atomic E-state index is 9.17. The van der Waals surface area contributed by atoms with Crippen molar-refractivity contribution in [3.8, 4) is 40.2 Å². The van der Waals surface area contributed by atoms with Crippen molar-refractivity contribution in [1.82, 2.24) is 19.9 Å². The first-order valence-electron chi connectivity index (χ1n) is 9.00. The first kappa shape index (κ1) is 19.4. The van der Waals surface area contributed by atoms with Gasteiger partial charge in [-0.05, 0) is 36.4 Å². The van der Waals surface area contributed by atoms with Crippen LogP contribution in [-0.2, 0) is 6.61 Å². The number of rotatable bonds is 6. The Balaban J connectivity index is 1.56. The Kier molecular flexibility index (Phi) is 5.59. The normalized spacial score (nSPS) is 10.4. The number of H-pyrrole nitrogens is 1. The van der Waals surface area contributed by atoms with Crippen LogP contribution < -0.4 is 9.47 Å². The molecular formula is C22H16ClN5O2. The van der Waals surface area contributed by atoms with Gasteiger partial charge in [0.05, 0.1) is 30.3 Å². The van der Waals surface area contributed by atoms with Crippen LogP contribution in [0.3, 0.4) is 0 Å². The number of imidazole rings is 1. The van der Waals surface area contributed by atoms with Crippen molar-refractivity contribution in [2.45, 2.75) is 6.61 Å². The summed E-state index contributed by atoms with van der Waals surface area (Å²) in [4.78, 5) is 16.0. The molecule has 7 nitrogen and oxygen atoms in total. The summed E-state index contributed by atoms with van der Waals surface area (Å²) in [5.74, 6) is 1.90. The molecule has 1 N–H and O–H groups in total. The number of halogens is 1. The van der Waals surface area contributed by atoms with Crippen molar-refractivity contribution in [2.75, 3.05) is 7.11 Å². The number of pyridine rings is 2. The number of aromatic amines is 1. The van der Waals surface area contributed by atoms with Gasteiger partial charge in [0, 0.05) is 29.6 Å². The average Bonchev–Trinajstić information content (AvgIpc) is 3.28. The van der Waals surface area contributed by atoms with Gasteiger partial charge in [0.2, 0.25) is 0 Å². The van der Waals surface area contributed by atoms with Gasteiger partial charge in [0.25, 0.3) is 0 Å². The molecule has 0 bridgehead atoms. The molecule has 3 aromatic heterocycles. The molecule has 0 fully saturated rings. The monoisotopic (exact) mass is 417 g/mol. The van der Waals surface area contributed by atoms with Crippen LogP contribution in [0.4, 0.5) is 0 Å². The van der Waals surface area contributed by atoms with E-state index in [1.807, 2.05) is 18.2 Å². The van der Waals surface area contributed by atoms with Crippen molar-refractivity contribution in [1.29, 1.82) is 5.26 Å². The lowest BCUT2D eigenvalue weighted by Gasteiger charge is -2.11. The summed E-state index contributed by atoms with van der Waals surface area (Å²) in [6.45, 7) is 0.185. The fourth-order valence-corrected chi connectivity index (χ4v) is 3.02. The minimum atomic E-state index is 0.185. The Morgan fingerprint density at radius 1 is 1.10 bits per heavy atom.